The van der Waals surface area contributed by atoms with E-state index in [1.54, 1.807) is 4.90 Å². The molecular weight excluding hydrogens is 529 g/mol. The number of amides is 1. The van der Waals surface area contributed by atoms with Gasteiger partial charge in [-0.05, 0) is 52.9 Å². The van der Waals surface area contributed by atoms with Gasteiger partial charge in [0.1, 0.15) is 17.3 Å². The van der Waals surface area contributed by atoms with Crippen molar-refractivity contribution in [1.29, 1.82) is 0 Å². The highest BCUT2D eigenvalue weighted by atomic mass is 19.1. The van der Waals surface area contributed by atoms with Crippen LogP contribution >= 0.6 is 0 Å². The topological polar surface area (TPSA) is 71.3 Å². The van der Waals surface area contributed by atoms with E-state index in [-0.39, 0.29) is 17.5 Å². The minimum Gasteiger partial charge on any atom is -0.352 e. The van der Waals surface area contributed by atoms with E-state index in [4.69, 9.17) is 4.98 Å². The molecule has 3 heterocycles. The van der Waals surface area contributed by atoms with Gasteiger partial charge in [-0.1, -0.05) is 75.0 Å². The van der Waals surface area contributed by atoms with Crippen LogP contribution in [0.2, 0.25) is 0 Å². The summed E-state index contributed by atoms with van der Waals surface area (Å²) in [5, 5.41) is 2.46. The Balaban J connectivity index is 1.60. The Kier molecular flexibility index (Phi) is 7.06. The lowest BCUT2D eigenvalue weighted by atomic mass is 9.98. The van der Waals surface area contributed by atoms with Crippen molar-refractivity contribution in [3.63, 3.8) is 0 Å². The van der Waals surface area contributed by atoms with Gasteiger partial charge >= 0.3 is 5.69 Å². The highest BCUT2D eigenvalue weighted by molar-refractivity contribution is 5.92. The van der Waals surface area contributed by atoms with Crippen LogP contribution in [0.1, 0.15) is 30.9 Å². The largest absolute Gasteiger partial charge is 0.355 e. The summed E-state index contributed by atoms with van der Waals surface area (Å²) in [7, 11) is 0. The molecule has 8 heteroatoms. The fourth-order valence-corrected chi connectivity index (χ4v) is 5.81. The number of piperazine rings is 1. The van der Waals surface area contributed by atoms with Gasteiger partial charge in [0.2, 0.25) is 5.91 Å². The standard InChI is InChI=1S/C34H32FN5O2/c1-5-29(41)38-15-17-39(18-16-38)32-27-20-28(35)30(25-14-13-23-10-6-7-11-24(23)19-25)36-33(27)40(34(42)37-32)31-22(4)9-8-12-26(31)21(2)3/h5-14,19-21H,1,15-18H2,2-4H3. The molecule has 0 bridgehead atoms. The molecule has 6 rings (SSSR count). The molecule has 1 aliphatic rings. The lowest BCUT2D eigenvalue weighted by molar-refractivity contribution is -0.126. The molecule has 1 amide bonds. The van der Waals surface area contributed by atoms with Gasteiger partial charge in [0.05, 0.1) is 11.1 Å². The van der Waals surface area contributed by atoms with Crippen LogP contribution in [-0.2, 0) is 4.79 Å². The van der Waals surface area contributed by atoms with Gasteiger partial charge in [-0.3, -0.25) is 4.79 Å². The SMILES string of the molecule is C=CC(=O)N1CCN(c2nc(=O)n(-c3c(C)cccc3C(C)C)c3nc(-c4ccc5ccccc5c4)c(F)cc23)CC1. The Morgan fingerprint density at radius 2 is 1.69 bits per heavy atom. The first kappa shape index (κ1) is 27.3. The van der Waals surface area contributed by atoms with E-state index in [0.29, 0.717) is 54.3 Å². The predicted molar refractivity (Wildman–Crippen MR) is 166 cm³/mol. The molecule has 3 aromatic carbocycles. The molecule has 2 aromatic heterocycles. The lowest BCUT2D eigenvalue weighted by Crippen LogP contribution is -2.49. The van der Waals surface area contributed by atoms with E-state index in [1.165, 1.54) is 16.7 Å². The number of aromatic nitrogens is 3. The Morgan fingerprint density at radius 1 is 0.952 bits per heavy atom. The Hall–Kier alpha value is -4.85. The number of hydrogen-bond donors (Lipinski definition) is 0. The van der Waals surface area contributed by atoms with Gasteiger partial charge in [0, 0.05) is 31.7 Å². The minimum absolute atomic E-state index is 0.123. The molecule has 5 aromatic rings. The smallest absolute Gasteiger partial charge is 0.352 e. The summed E-state index contributed by atoms with van der Waals surface area (Å²) in [5.74, 6) is -0.151. The highest BCUT2D eigenvalue weighted by Crippen LogP contribution is 2.33. The number of fused-ring (bicyclic) bond motifs is 2. The monoisotopic (exact) mass is 561 g/mol. The summed E-state index contributed by atoms with van der Waals surface area (Å²) in [6, 6.07) is 21.0. The normalized spacial score (nSPS) is 13.7. The molecule has 1 saturated heterocycles. The molecule has 0 atom stereocenters. The number of benzene rings is 3. The first-order valence-electron chi connectivity index (χ1n) is 14.2. The third-order valence-corrected chi connectivity index (χ3v) is 8.00. The number of para-hydroxylation sites is 1. The van der Waals surface area contributed by atoms with Crippen molar-refractivity contribution in [2.45, 2.75) is 26.7 Å². The van der Waals surface area contributed by atoms with Gasteiger partial charge in [-0.2, -0.15) is 4.98 Å². The van der Waals surface area contributed by atoms with E-state index in [9.17, 15) is 9.59 Å². The highest BCUT2D eigenvalue weighted by Gasteiger charge is 2.26. The van der Waals surface area contributed by atoms with Crippen LogP contribution < -0.4 is 10.6 Å². The van der Waals surface area contributed by atoms with E-state index in [1.807, 2.05) is 72.5 Å². The Morgan fingerprint density at radius 3 is 2.40 bits per heavy atom. The number of pyridine rings is 1. The van der Waals surface area contributed by atoms with Crippen LogP contribution in [0, 0.1) is 12.7 Å². The fourth-order valence-electron chi connectivity index (χ4n) is 5.81. The molecule has 0 N–H and O–H groups in total. The first-order chi connectivity index (χ1) is 20.3. The van der Waals surface area contributed by atoms with Crippen molar-refractivity contribution in [3.05, 3.63) is 107 Å². The van der Waals surface area contributed by atoms with Crippen LogP contribution in [0.15, 0.2) is 84.2 Å². The first-order valence-corrected chi connectivity index (χ1v) is 14.2. The van der Waals surface area contributed by atoms with E-state index >= 15 is 4.39 Å². The molecule has 1 fully saturated rings. The fraction of sp³-hybridized carbons (Fsp3) is 0.235. The zero-order valence-corrected chi connectivity index (χ0v) is 24.0. The molecule has 0 aliphatic carbocycles. The third-order valence-electron chi connectivity index (χ3n) is 8.00. The molecular formula is C34H32FN5O2. The van der Waals surface area contributed by atoms with Gasteiger partial charge in [-0.15, -0.1) is 0 Å². The molecule has 7 nitrogen and oxygen atoms in total. The Labute approximate surface area is 243 Å². The second-order valence-electron chi connectivity index (χ2n) is 11.0. The summed E-state index contributed by atoms with van der Waals surface area (Å²) in [4.78, 5) is 39.2. The number of aryl methyl sites for hydroxylation is 1. The van der Waals surface area contributed by atoms with Crippen molar-refractivity contribution in [2.75, 3.05) is 31.1 Å². The zero-order chi connectivity index (χ0) is 29.5. The van der Waals surface area contributed by atoms with Crippen LogP contribution in [-0.4, -0.2) is 51.5 Å². The number of halogens is 1. The second kappa shape index (κ2) is 10.9. The van der Waals surface area contributed by atoms with E-state index in [2.05, 4.69) is 25.4 Å². The second-order valence-corrected chi connectivity index (χ2v) is 11.0. The summed E-state index contributed by atoms with van der Waals surface area (Å²) in [5.41, 5.74) is 3.23. The number of carbonyl (C=O) groups excluding carboxylic acids is 1. The van der Waals surface area contributed by atoms with Crippen molar-refractivity contribution < 1.29 is 9.18 Å². The lowest BCUT2D eigenvalue weighted by Gasteiger charge is -2.35. The summed E-state index contributed by atoms with van der Waals surface area (Å²) in [6.45, 7) is 11.5. The van der Waals surface area contributed by atoms with Crippen molar-refractivity contribution >= 4 is 33.5 Å². The number of carbonyl (C=O) groups is 1. The minimum atomic E-state index is -0.500. The number of nitrogens with zero attached hydrogens (tertiary/aromatic N) is 5. The third kappa shape index (κ3) is 4.72. The quantitative estimate of drug-likeness (QED) is 0.246. The van der Waals surface area contributed by atoms with E-state index < -0.39 is 11.5 Å². The number of hydrogen-bond acceptors (Lipinski definition) is 5. The van der Waals surface area contributed by atoms with Gasteiger partial charge < -0.3 is 9.80 Å². The van der Waals surface area contributed by atoms with E-state index in [0.717, 1.165) is 21.9 Å². The van der Waals surface area contributed by atoms with Crippen LogP contribution in [0.5, 0.6) is 0 Å². The van der Waals surface area contributed by atoms with Crippen molar-refractivity contribution in [2.24, 2.45) is 0 Å². The van der Waals surface area contributed by atoms with Crippen LogP contribution in [0.4, 0.5) is 10.2 Å². The summed E-state index contributed by atoms with van der Waals surface area (Å²) < 4.78 is 17.6. The maximum atomic E-state index is 16.0. The van der Waals surface area contributed by atoms with Crippen molar-refractivity contribution in [3.8, 4) is 16.9 Å². The Bertz CT molecular complexity index is 1920. The number of rotatable bonds is 5. The number of anilines is 1. The average molecular weight is 562 g/mol. The molecule has 42 heavy (non-hydrogen) atoms. The van der Waals surface area contributed by atoms with Gasteiger partial charge in [0.25, 0.3) is 0 Å². The summed E-state index contributed by atoms with van der Waals surface area (Å²) >= 11 is 0. The maximum Gasteiger partial charge on any atom is 0.355 e. The molecule has 212 valence electrons. The van der Waals surface area contributed by atoms with Crippen molar-refractivity contribution in [1.82, 2.24) is 19.4 Å². The van der Waals surface area contributed by atoms with Gasteiger partial charge in [-0.25, -0.2) is 18.7 Å². The zero-order valence-electron chi connectivity index (χ0n) is 24.0. The molecule has 0 spiro atoms. The summed E-state index contributed by atoms with van der Waals surface area (Å²) in [6.07, 6.45) is 1.30. The van der Waals surface area contributed by atoms with Gasteiger partial charge in [0.15, 0.2) is 5.65 Å². The predicted octanol–water partition coefficient (Wildman–Crippen LogP) is 6.01. The molecule has 1 aliphatic heterocycles. The van der Waals surface area contributed by atoms with Crippen LogP contribution in [0.3, 0.4) is 0 Å². The molecule has 0 radical (unpaired) electrons. The van der Waals surface area contributed by atoms with Crippen LogP contribution in [0.25, 0.3) is 38.8 Å². The average Bonchev–Trinajstić information content (AvgIpc) is 3.00. The molecule has 0 saturated carbocycles. The molecule has 0 unspecified atom stereocenters. The maximum absolute atomic E-state index is 16.0.